The van der Waals surface area contributed by atoms with Crippen molar-refractivity contribution in [3.63, 3.8) is 0 Å². The van der Waals surface area contributed by atoms with Gasteiger partial charge in [0.1, 0.15) is 5.92 Å². The van der Waals surface area contributed by atoms with Crippen molar-refractivity contribution in [2.24, 2.45) is 11.8 Å². The summed E-state index contributed by atoms with van der Waals surface area (Å²) in [5.74, 6) is -1.30. The minimum atomic E-state index is -0.609. The summed E-state index contributed by atoms with van der Waals surface area (Å²) in [5, 5.41) is 8.57. The quantitative estimate of drug-likeness (QED) is 0.591. The molecule has 0 aromatic rings. The van der Waals surface area contributed by atoms with E-state index in [9.17, 15) is 9.59 Å². The lowest BCUT2D eigenvalue weighted by molar-refractivity contribution is -0.144. The maximum atomic E-state index is 11.4. The molecule has 0 aliphatic carbocycles. The number of nitriles is 1. The van der Waals surface area contributed by atoms with E-state index in [1.165, 1.54) is 4.90 Å². The van der Waals surface area contributed by atoms with Crippen molar-refractivity contribution >= 4 is 11.8 Å². The molecule has 1 saturated heterocycles. The molecule has 0 spiro atoms. The lowest BCUT2D eigenvalue weighted by Crippen LogP contribution is -2.36. The highest BCUT2D eigenvalue weighted by molar-refractivity contribution is 5.99. The van der Waals surface area contributed by atoms with Gasteiger partial charge < -0.3 is 0 Å². The first kappa shape index (κ1) is 9.72. The Balaban J connectivity index is 2.72. The number of imide groups is 1. The molecule has 2 amide bonds. The summed E-state index contributed by atoms with van der Waals surface area (Å²) in [5.41, 5.74) is 0. The number of carbonyl (C=O) groups excluding carboxylic acids is 2. The van der Waals surface area contributed by atoms with Crippen molar-refractivity contribution in [2.45, 2.75) is 20.3 Å². The first-order chi connectivity index (χ1) is 6.07. The Morgan fingerprint density at radius 2 is 2.31 bits per heavy atom. The molecule has 70 valence electrons. The number of rotatable bonds is 1. The molecule has 0 N–H and O–H groups in total. The number of amides is 2. The summed E-state index contributed by atoms with van der Waals surface area (Å²) >= 11 is 0. The lowest BCUT2D eigenvalue weighted by atomic mass is 10.1. The van der Waals surface area contributed by atoms with Gasteiger partial charge in [-0.2, -0.15) is 5.26 Å². The standard InChI is InChI=1S/C9H12N2O2/c1-6(2)8(12)11-4-3-7(5-10)9(11)13/h6-7H,3-4H2,1-2H3. The minimum Gasteiger partial charge on any atom is -0.281 e. The second-order valence-electron chi connectivity index (χ2n) is 3.45. The largest absolute Gasteiger partial charge is 0.281 e. The van der Waals surface area contributed by atoms with Crippen molar-refractivity contribution in [1.29, 1.82) is 5.26 Å². The SMILES string of the molecule is CC(C)C(=O)N1CCC(C#N)C1=O. The molecular formula is C9H12N2O2. The van der Waals surface area contributed by atoms with Crippen LogP contribution in [0.5, 0.6) is 0 Å². The molecule has 1 rings (SSSR count). The van der Waals surface area contributed by atoms with Gasteiger partial charge in [0.2, 0.25) is 11.8 Å². The molecule has 13 heavy (non-hydrogen) atoms. The molecule has 0 bridgehead atoms. The second-order valence-corrected chi connectivity index (χ2v) is 3.45. The van der Waals surface area contributed by atoms with Crippen molar-refractivity contribution in [3.8, 4) is 6.07 Å². The zero-order valence-corrected chi connectivity index (χ0v) is 7.78. The van der Waals surface area contributed by atoms with Gasteiger partial charge in [-0.05, 0) is 6.42 Å². The fourth-order valence-corrected chi connectivity index (χ4v) is 1.33. The van der Waals surface area contributed by atoms with E-state index in [1.54, 1.807) is 13.8 Å². The van der Waals surface area contributed by atoms with E-state index in [0.29, 0.717) is 13.0 Å². The highest BCUT2D eigenvalue weighted by Crippen LogP contribution is 2.18. The van der Waals surface area contributed by atoms with E-state index in [-0.39, 0.29) is 17.7 Å². The van der Waals surface area contributed by atoms with Crippen LogP contribution in [0.3, 0.4) is 0 Å². The van der Waals surface area contributed by atoms with Crippen molar-refractivity contribution in [2.75, 3.05) is 6.54 Å². The number of nitrogens with zero attached hydrogens (tertiary/aromatic N) is 2. The Labute approximate surface area is 77.1 Å². The molecule has 1 aliphatic heterocycles. The van der Waals surface area contributed by atoms with Gasteiger partial charge in [-0.1, -0.05) is 13.8 Å². The van der Waals surface area contributed by atoms with Gasteiger partial charge in [0.15, 0.2) is 0 Å². The van der Waals surface area contributed by atoms with E-state index >= 15 is 0 Å². The third-order valence-corrected chi connectivity index (χ3v) is 2.12. The molecule has 1 atom stereocenters. The lowest BCUT2D eigenvalue weighted by Gasteiger charge is -2.15. The monoisotopic (exact) mass is 180 g/mol. The molecule has 4 heteroatoms. The third kappa shape index (κ3) is 1.69. The van der Waals surface area contributed by atoms with Crippen LogP contribution in [0.1, 0.15) is 20.3 Å². The van der Waals surface area contributed by atoms with E-state index in [2.05, 4.69) is 0 Å². The third-order valence-electron chi connectivity index (χ3n) is 2.12. The Kier molecular flexibility index (Phi) is 2.66. The van der Waals surface area contributed by atoms with Crippen LogP contribution >= 0.6 is 0 Å². The van der Waals surface area contributed by atoms with Gasteiger partial charge in [-0.15, -0.1) is 0 Å². The maximum absolute atomic E-state index is 11.4. The predicted molar refractivity (Wildman–Crippen MR) is 45.3 cm³/mol. The summed E-state index contributed by atoms with van der Waals surface area (Å²) in [4.78, 5) is 24.0. The van der Waals surface area contributed by atoms with Crippen LogP contribution in [0, 0.1) is 23.2 Å². The molecule has 1 unspecified atom stereocenters. The van der Waals surface area contributed by atoms with Gasteiger partial charge in [0, 0.05) is 12.5 Å². The maximum Gasteiger partial charge on any atom is 0.246 e. The molecule has 4 nitrogen and oxygen atoms in total. The summed E-state index contributed by atoms with van der Waals surface area (Å²) in [6.07, 6.45) is 0.480. The molecule has 0 saturated carbocycles. The fraction of sp³-hybridized carbons (Fsp3) is 0.667. The van der Waals surface area contributed by atoms with Gasteiger partial charge in [-0.25, -0.2) is 0 Å². The fourth-order valence-electron chi connectivity index (χ4n) is 1.33. The van der Waals surface area contributed by atoms with Gasteiger partial charge in [-0.3, -0.25) is 14.5 Å². The molecule has 1 heterocycles. The van der Waals surface area contributed by atoms with Crippen LogP contribution in [-0.4, -0.2) is 23.3 Å². The molecule has 1 aliphatic rings. The highest BCUT2D eigenvalue weighted by Gasteiger charge is 2.36. The van der Waals surface area contributed by atoms with Gasteiger partial charge in [0.25, 0.3) is 0 Å². The summed E-state index contributed by atoms with van der Waals surface area (Å²) in [6.45, 7) is 3.89. The van der Waals surface area contributed by atoms with Crippen LogP contribution in [-0.2, 0) is 9.59 Å². The number of hydrogen-bond acceptors (Lipinski definition) is 3. The first-order valence-electron chi connectivity index (χ1n) is 4.32. The normalized spacial score (nSPS) is 22.2. The average Bonchev–Trinajstić information content (AvgIpc) is 2.45. The van der Waals surface area contributed by atoms with Crippen molar-refractivity contribution in [3.05, 3.63) is 0 Å². The van der Waals surface area contributed by atoms with E-state index < -0.39 is 5.92 Å². The minimum absolute atomic E-state index is 0.178. The van der Waals surface area contributed by atoms with Crippen LogP contribution in [0.2, 0.25) is 0 Å². The van der Waals surface area contributed by atoms with Gasteiger partial charge >= 0.3 is 0 Å². The Morgan fingerprint density at radius 3 is 2.69 bits per heavy atom. The number of hydrogen-bond donors (Lipinski definition) is 0. The number of carbonyl (C=O) groups is 2. The highest BCUT2D eigenvalue weighted by atomic mass is 16.2. The smallest absolute Gasteiger partial charge is 0.246 e. The van der Waals surface area contributed by atoms with Crippen LogP contribution in [0.15, 0.2) is 0 Å². The predicted octanol–water partition coefficient (Wildman–Crippen LogP) is 0.541. The molecule has 0 radical (unpaired) electrons. The zero-order valence-electron chi connectivity index (χ0n) is 7.78. The van der Waals surface area contributed by atoms with E-state index in [4.69, 9.17) is 5.26 Å². The molecule has 1 fully saturated rings. The average molecular weight is 180 g/mol. The second kappa shape index (κ2) is 3.56. The number of likely N-dealkylation sites (tertiary alicyclic amines) is 1. The van der Waals surface area contributed by atoms with Crippen molar-refractivity contribution in [1.82, 2.24) is 4.90 Å². The first-order valence-corrected chi connectivity index (χ1v) is 4.32. The topological polar surface area (TPSA) is 61.2 Å². The molecule has 0 aromatic heterocycles. The van der Waals surface area contributed by atoms with Crippen LogP contribution in [0.4, 0.5) is 0 Å². The van der Waals surface area contributed by atoms with E-state index in [0.717, 1.165) is 0 Å². The summed E-state index contributed by atoms with van der Waals surface area (Å²) in [6, 6.07) is 1.89. The molecule has 0 aromatic carbocycles. The summed E-state index contributed by atoms with van der Waals surface area (Å²) in [7, 11) is 0. The van der Waals surface area contributed by atoms with Crippen LogP contribution < -0.4 is 0 Å². The zero-order chi connectivity index (χ0) is 10.0. The Hall–Kier alpha value is -1.37. The summed E-state index contributed by atoms with van der Waals surface area (Å²) < 4.78 is 0. The Morgan fingerprint density at radius 1 is 1.69 bits per heavy atom. The molecular weight excluding hydrogens is 168 g/mol. The Bertz CT molecular complexity index is 278. The van der Waals surface area contributed by atoms with E-state index in [1.807, 2.05) is 6.07 Å². The van der Waals surface area contributed by atoms with Gasteiger partial charge in [0.05, 0.1) is 6.07 Å². The van der Waals surface area contributed by atoms with Crippen molar-refractivity contribution < 1.29 is 9.59 Å². The van der Waals surface area contributed by atoms with Crippen LogP contribution in [0.25, 0.3) is 0 Å².